The molecule has 4 nitrogen and oxygen atoms in total. The van der Waals surface area contributed by atoms with Crippen molar-refractivity contribution in [3.05, 3.63) is 52.6 Å². The van der Waals surface area contributed by atoms with E-state index in [0.29, 0.717) is 18.7 Å². The molecule has 0 radical (unpaired) electrons. The van der Waals surface area contributed by atoms with E-state index in [1.807, 2.05) is 17.5 Å². The first kappa shape index (κ1) is 13.6. The van der Waals surface area contributed by atoms with Crippen LogP contribution >= 0.6 is 11.3 Å². The van der Waals surface area contributed by atoms with E-state index in [1.165, 1.54) is 12.3 Å². The number of rotatable bonds is 6. The van der Waals surface area contributed by atoms with Crippen LogP contribution in [0.3, 0.4) is 0 Å². The van der Waals surface area contributed by atoms with Gasteiger partial charge in [0.1, 0.15) is 11.9 Å². The predicted octanol–water partition coefficient (Wildman–Crippen LogP) is 2.59. The summed E-state index contributed by atoms with van der Waals surface area (Å²) in [5.41, 5.74) is 0. The van der Waals surface area contributed by atoms with Gasteiger partial charge in [-0.1, -0.05) is 6.07 Å². The van der Waals surface area contributed by atoms with Gasteiger partial charge in [-0.2, -0.15) is 0 Å². The van der Waals surface area contributed by atoms with E-state index in [9.17, 15) is 9.90 Å². The SMILES string of the molecule is O=C(/C=C/c1cccs1)NCCC(O)c1ccco1. The fourth-order valence-corrected chi connectivity index (χ4v) is 2.18. The van der Waals surface area contributed by atoms with Crippen molar-refractivity contribution >= 4 is 23.3 Å². The second kappa shape index (κ2) is 6.92. The molecular weight excluding hydrogens is 262 g/mol. The van der Waals surface area contributed by atoms with E-state index >= 15 is 0 Å². The number of hydrogen-bond acceptors (Lipinski definition) is 4. The van der Waals surface area contributed by atoms with Gasteiger partial charge in [0.15, 0.2) is 0 Å². The Balaban J connectivity index is 1.69. The first-order valence-corrected chi connectivity index (χ1v) is 6.84. The molecule has 0 spiro atoms. The summed E-state index contributed by atoms with van der Waals surface area (Å²) in [6, 6.07) is 7.31. The van der Waals surface area contributed by atoms with Gasteiger partial charge in [-0.3, -0.25) is 4.79 Å². The summed E-state index contributed by atoms with van der Waals surface area (Å²) >= 11 is 1.57. The summed E-state index contributed by atoms with van der Waals surface area (Å²) in [4.78, 5) is 12.5. The van der Waals surface area contributed by atoms with Crippen molar-refractivity contribution in [2.75, 3.05) is 6.54 Å². The topological polar surface area (TPSA) is 62.5 Å². The molecule has 1 amide bonds. The lowest BCUT2D eigenvalue weighted by atomic mass is 10.2. The van der Waals surface area contributed by atoms with Gasteiger partial charge >= 0.3 is 0 Å². The van der Waals surface area contributed by atoms with Crippen LogP contribution in [0.1, 0.15) is 23.2 Å². The molecule has 0 saturated carbocycles. The molecule has 0 aliphatic heterocycles. The average molecular weight is 277 g/mol. The third-order valence-corrected chi connectivity index (χ3v) is 3.37. The lowest BCUT2D eigenvalue weighted by Crippen LogP contribution is -2.23. The molecule has 0 aliphatic rings. The van der Waals surface area contributed by atoms with Gasteiger partial charge in [0.05, 0.1) is 6.26 Å². The van der Waals surface area contributed by atoms with Crippen LogP contribution in [0.4, 0.5) is 0 Å². The number of aliphatic hydroxyl groups is 1. The molecule has 2 heterocycles. The zero-order valence-corrected chi connectivity index (χ0v) is 11.1. The first-order chi connectivity index (χ1) is 9.25. The molecule has 2 N–H and O–H groups in total. The molecule has 0 bridgehead atoms. The largest absolute Gasteiger partial charge is 0.467 e. The van der Waals surface area contributed by atoms with E-state index < -0.39 is 6.10 Å². The van der Waals surface area contributed by atoms with Gasteiger partial charge in [0.2, 0.25) is 5.91 Å². The fraction of sp³-hybridized carbons (Fsp3) is 0.214. The Labute approximate surface area is 115 Å². The van der Waals surface area contributed by atoms with Crippen molar-refractivity contribution in [2.24, 2.45) is 0 Å². The van der Waals surface area contributed by atoms with Gasteiger partial charge < -0.3 is 14.8 Å². The van der Waals surface area contributed by atoms with Crippen molar-refractivity contribution < 1.29 is 14.3 Å². The maximum atomic E-state index is 11.5. The predicted molar refractivity (Wildman–Crippen MR) is 74.6 cm³/mol. The standard InChI is InChI=1S/C14H15NO3S/c16-12(13-4-1-9-18-13)7-8-15-14(17)6-5-11-3-2-10-19-11/h1-6,9-10,12,16H,7-8H2,(H,15,17)/b6-5+. The fourth-order valence-electron chi connectivity index (χ4n) is 1.56. The van der Waals surface area contributed by atoms with Crippen LogP contribution in [-0.2, 0) is 4.79 Å². The Bertz CT molecular complexity index is 517. The highest BCUT2D eigenvalue weighted by atomic mass is 32.1. The number of carbonyl (C=O) groups is 1. The van der Waals surface area contributed by atoms with Gasteiger partial charge in [-0.15, -0.1) is 11.3 Å². The Kier molecular flexibility index (Phi) is 4.94. The van der Waals surface area contributed by atoms with Crippen molar-refractivity contribution in [3.8, 4) is 0 Å². The number of hydrogen-bond donors (Lipinski definition) is 2. The van der Waals surface area contributed by atoms with Crippen LogP contribution in [0.15, 0.2) is 46.4 Å². The molecule has 2 aromatic heterocycles. The summed E-state index contributed by atoms with van der Waals surface area (Å²) in [6.07, 6.45) is 4.51. The van der Waals surface area contributed by atoms with Gasteiger partial charge in [-0.05, 0) is 36.1 Å². The minimum absolute atomic E-state index is 0.167. The van der Waals surface area contributed by atoms with Crippen LogP contribution in [0.25, 0.3) is 6.08 Å². The maximum Gasteiger partial charge on any atom is 0.244 e. The zero-order valence-electron chi connectivity index (χ0n) is 10.3. The van der Waals surface area contributed by atoms with Crippen LogP contribution in [0, 0.1) is 0 Å². The molecular formula is C14H15NO3S. The molecule has 2 rings (SSSR count). The molecule has 5 heteroatoms. The van der Waals surface area contributed by atoms with Crippen LogP contribution < -0.4 is 5.32 Å². The molecule has 0 fully saturated rings. The monoisotopic (exact) mass is 277 g/mol. The lowest BCUT2D eigenvalue weighted by molar-refractivity contribution is -0.116. The van der Waals surface area contributed by atoms with Crippen molar-refractivity contribution in [3.63, 3.8) is 0 Å². The molecule has 1 atom stereocenters. The second-order valence-electron chi connectivity index (χ2n) is 3.96. The van der Waals surface area contributed by atoms with Gasteiger partial charge in [-0.25, -0.2) is 0 Å². The number of nitrogens with one attached hydrogen (secondary N) is 1. The summed E-state index contributed by atoms with van der Waals surface area (Å²) in [5.74, 6) is 0.350. The molecule has 0 aliphatic carbocycles. The molecule has 2 aromatic rings. The van der Waals surface area contributed by atoms with E-state index in [-0.39, 0.29) is 5.91 Å². The number of furan rings is 1. The smallest absolute Gasteiger partial charge is 0.244 e. The van der Waals surface area contributed by atoms with Crippen molar-refractivity contribution in [2.45, 2.75) is 12.5 Å². The minimum Gasteiger partial charge on any atom is -0.467 e. The molecule has 0 aromatic carbocycles. The van der Waals surface area contributed by atoms with E-state index in [0.717, 1.165) is 4.88 Å². The third kappa shape index (κ3) is 4.39. The Hall–Kier alpha value is -1.85. The highest BCUT2D eigenvalue weighted by molar-refractivity contribution is 7.10. The molecule has 19 heavy (non-hydrogen) atoms. The Morgan fingerprint density at radius 3 is 3.05 bits per heavy atom. The minimum atomic E-state index is -0.684. The average Bonchev–Trinajstić information content (AvgIpc) is 3.09. The number of aliphatic hydroxyl groups excluding tert-OH is 1. The Morgan fingerprint density at radius 1 is 1.47 bits per heavy atom. The normalized spacial score (nSPS) is 12.7. The van der Waals surface area contributed by atoms with Crippen molar-refractivity contribution in [1.82, 2.24) is 5.32 Å². The summed E-state index contributed by atoms with van der Waals surface area (Å²) < 4.78 is 5.07. The van der Waals surface area contributed by atoms with Crippen LogP contribution in [0.5, 0.6) is 0 Å². The lowest BCUT2D eigenvalue weighted by Gasteiger charge is -2.07. The summed E-state index contributed by atoms with van der Waals surface area (Å²) in [6.45, 7) is 0.398. The highest BCUT2D eigenvalue weighted by Crippen LogP contribution is 2.15. The van der Waals surface area contributed by atoms with E-state index in [1.54, 1.807) is 29.5 Å². The van der Waals surface area contributed by atoms with Gasteiger partial charge in [0, 0.05) is 17.5 Å². The molecule has 100 valence electrons. The molecule has 0 saturated heterocycles. The first-order valence-electron chi connectivity index (χ1n) is 5.96. The number of carbonyl (C=O) groups excluding carboxylic acids is 1. The highest BCUT2D eigenvalue weighted by Gasteiger charge is 2.09. The quantitative estimate of drug-likeness (QED) is 0.798. The zero-order chi connectivity index (χ0) is 13.5. The van der Waals surface area contributed by atoms with Gasteiger partial charge in [0.25, 0.3) is 0 Å². The van der Waals surface area contributed by atoms with Crippen LogP contribution in [-0.4, -0.2) is 17.6 Å². The maximum absolute atomic E-state index is 11.5. The third-order valence-electron chi connectivity index (χ3n) is 2.53. The van der Waals surface area contributed by atoms with E-state index in [2.05, 4.69) is 5.32 Å². The van der Waals surface area contributed by atoms with Crippen molar-refractivity contribution in [1.29, 1.82) is 0 Å². The van der Waals surface area contributed by atoms with Crippen LogP contribution in [0.2, 0.25) is 0 Å². The summed E-state index contributed by atoms with van der Waals surface area (Å²) in [5, 5.41) is 14.4. The summed E-state index contributed by atoms with van der Waals surface area (Å²) in [7, 11) is 0. The number of amides is 1. The second-order valence-corrected chi connectivity index (χ2v) is 4.94. The Morgan fingerprint density at radius 2 is 2.37 bits per heavy atom. The van der Waals surface area contributed by atoms with E-state index in [4.69, 9.17) is 4.42 Å². The number of thiophene rings is 1. The molecule has 1 unspecified atom stereocenters.